The van der Waals surface area contributed by atoms with Gasteiger partial charge in [-0.1, -0.05) is 42.5 Å². The van der Waals surface area contributed by atoms with Crippen LogP contribution in [0.25, 0.3) is 16.9 Å². The van der Waals surface area contributed by atoms with Crippen molar-refractivity contribution in [3.63, 3.8) is 0 Å². The first-order valence-electron chi connectivity index (χ1n) is 9.98. The molecule has 7 nitrogen and oxygen atoms in total. The maximum atomic E-state index is 12.3. The highest BCUT2D eigenvalue weighted by atomic mass is 16.5. The fourth-order valence-electron chi connectivity index (χ4n) is 3.14. The molecule has 0 spiro atoms. The quantitative estimate of drug-likeness (QED) is 0.489. The molecule has 0 saturated carbocycles. The number of carbonyl (C=O) groups is 1. The predicted molar refractivity (Wildman–Crippen MR) is 114 cm³/mol. The smallest absolute Gasteiger partial charge is 0.220 e. The van der Waals surface area contributed by atoms with E-state index in [1.165, 1.54) is 0 Å². The Morgan fingerprint density at radius 2 is 1.80 bits per heavy atom. The van der Waals surface area contributed by atoms with E-state index in [1.54, 1.807) is 4.52 Å². The molecule has 0 bridgehead atoms. The Balaban J connectivity index is 1.36. The van der Waals surface area contributed by atoms with Gasteiger partial charge < -0.3 is 10.1 Å². The molecular weight excluding hydrogens is 378 g/mol. The Bertz CT molecular complexity index is 1120. The van der Waals surface area contributed by atoms with Crippen LogP contribution in [-0.4, -0.2) is 32.3 Å². The number of fused-ring (bicyclic) bond motifs is 1. The lowest BCUT2D eigenvalue weighted by molar-refractivity contribution is -0.121. The molecule has 4 rings (SSSR count). The van der Waals surface area contributed by atoms with Crippen LogP contribution < -0.4 is 10.1 Å². The molecule has 2 aromatic heterocycles. The number of hydrogen-bond acceptors (Lipinski definition) is 5. The maximum absolute atomic E-state index is 12.3. The van der Waals surface area contributed by atoms with E-state index >= 15 is 0 Å². The van der Waals surface area contributed by atoms with E-state index in [1.807, 2.05) is 73.7 Å². The van der Waals surface area contributed by atoms with Crippen molar-refractivity contribution in [1.82, 2.24) is 25.1 Å². The van der Waals surface area contributed by atoms with Gasteiger partial charge in [-0.15, -0.1) is 10.2 Å². The highest BCUT2D eigenvalue weighted by Crippen LogP contribution is 2.17. The average Bonchev–Trinajstić information content (AvgIpc) is 3.20. The van der Waals surface area contributed by atoms with E-state index in [0.29, 0.717) is 37.5 Å². The third-order valence-electron chi connectivity index (χ3n) is 4.70. The second-order valence-electron chi connectivity index (χ2n) is 6.82. The SMILES string of the molecule is CCOc1ccc(CNC(=O)CCc2nnc3ccc(-c4ccccc4)nn23)cc1. The van der Waals surface area contributed by atoms with Crippen LogP contribution in [0.3, 0.4) is 0 Å². The standard InChI is InChI=1S/C23H23N5O2/c1-2-30-19-10-8-17(9-11-19)16-24-23(29)15-14-22-26-25-21-13-12-20(27-28(21)22)18-6-4-3-5-7-18/h3-13H,2,14-16H2,1H3,(H,24,29). The van der Waals surface area contributed by atoms with Gasteiger partial charge in [-0.25, -0.2) is 0 Å². The van der Waals surface area contributed by atoms with E-state index < -0.39 is 0 Å². The summed E-state index contributed by atoms with van der Waals surface area (Å²) >= 11 is 0. The maximum Gasteiger partial charge on any atom is 0.220 e. The van der Waals surface area contributed by atoms with Crippen LogP contribution in [0.1, 0.15) is 24.7 Å². The van der Waals surface area contributed by atoms with Crippen molar-refractivity contribution in [3.8, 4) is 17.0 Å². The number of nitrogens with one attached hydrogen (secondary N) is 1. The summed E-state index contributed by atoms with van der Waals surface area (Å²) in [7, 11) is 0. The lowest BCUT2D eigenvalue weighted by Gasteiger charge is -2.07. The van der Waals surface area contributed by atoms with Gasteiger partial charge in [0.15, 0.2) is 11.5 Å². The monoisotopic (exact) mass is 401 g/mol. The van der Waals surface area contributed by atoms with Crippen LogP contribution in [-0.2, 0) is 17.8 Å². The van der Waals surface area contributed by atoms with Gasteiger partial charge in [-0.2, -0.15) is 9.61 Å². The zero-order chi connectivity index (χ0) is 20.8. The predicted octanol–water partition coefficient (Wildman–Crippen LogP) is 3.44. The van der Waals surface area contributed by atoms with Crippen LogP contribution in [0, 0.1) is 0 Å². The van der Waals surface area contributed by atoms with E-state index in [4.69, 9.17) is 4.74 Å². The summed E-state index contributed by atoms with van der Waals surface area (Å²) in [6.45, 7) is 3.06. The van der Waals surface area contributed by atoms with Gasteiger partial charge >= 0.3 is 0 Å². The fraction of sp³-hybridized carbons (Fsp3) is 0.217. The highest BCUT2D eigenvalue weighted by molar-refractivity contribution is 5.76. The number of amides is 1. The molecule has 7 heteroatoms. The zero-order valence-electron chi connectivity index (χ0n) is 16.8. The lowest BCUT2D eigenvalue weighted by Crippen LogP contribution is -2.23. The summed E-state index contributed by atoms with van der Waals surface area (Å²) < 4.78 is 7.14. The molecule has 4 aromatic rings. The molecule has 30 heavy (non-hydrogen) atoms. The third kappa shape index (κ3) is 4.63. The Morgan fingerprint density at radius 3 is 2.57 bits per heavy atom. The normalized spacial score (nSPS) is 10.8. The van der Waals surface area contributed by atoms with Crippen LogP contribution in [0.5, 0.6) is 5.75 Å². The van der Waals surface area contributed by atoms with Gasteiger partial charge in [0, 0.05) is 24.9 Å². The third-order valence-corrected chi connectivity index (χ3v) is 4.70. The Hall–Kier alpha value is -3.74. The van der Waals surface area contributed by atoms with Crippen molar-refractivity contribution in [2.24, 2.45) is 0 Å². The molecule has 0 aliphatic heterocycles. The van der Waals surface area contributed by atoms with E-state index in [0.717, 1.165) is 22.6 Å². The summed E-state index contributed by atoms with van der Waals surface area (Å²) in [5.74, 6) is 1.45. The molecule has 0 atom stereocenters. The van der Waals surface area contributed by atoms with Crippen molar-refractivity contribution in [3.05, 3.63) is 78.1 Å². The second-order valence-corrected chi connectivity index (χ2v) is 6.82. The molecular formula is C23H23N5O2. The minimum Gasteiger partial charge on any atom is -0.494 e. The van der Waals surface area contributed by atoms with Crippen molar-refractivity contribution in [2.75, 3.05) is 6.61 Å². The Morgan fingerprint density at radius 1 is 1.00 bits per heavy atom. The van der Waals surface area contributed by atoms with E-state index in [9.17, 15) is 4.79 Å². The van der Waals surface area contributed by atoms with E-state index in [-0.39, 0.29) is 5.91 Å². The van der Waals surface area contributed by atoms with Gasteiger partial charge in [0.2, 0.25) is 5.91 Å². The van der Waals surface area contributed by atoms with Crippen molar-refractivity contribution in [2.45, 2.75) is 26.3 Å². The molecule has 152 valence electrons. The van der Waals surface area contributed by atoms with E-state index in [2.05, 4.69) is 20.6 Å². The first kappa shape index (κ1) is 19.6. The number of ether oxygens (including phenoxy) is 1. The summed E-state index contributed by atoms with van der Waals surface area (Å²) in [6, 6.07) is 21.5. The molecule has 0 aliphatic rings. The molecule has 2 aromatic carbocycles. The molecule has 0 radical (unpaired) electrons. The molecule has 1 N–H and O–H groups in total. The number of hydrogen-bond donors (Lipinski definition) is 1. The molecule has 2 heterocycles. The number of rotatable bonds is 8. The number of aryl methyl sites for hydroxylation is 1. The number of carbonyl (C=O) groups excluding carboxylic acids is 1. The fourth-order valence-corrected chi connectivity index (χ4v) is 3.14. The van der Waals surface area contributed by atoms with Gasteiger partial charge in [0.25, 0.3) is 0 Å². The van der Waals surface area contributed by atoms with Crippen molar-refractivity contribution < 1.29 is 9.53 Å². The van der Waals surface area contributed by atoms with Gasteiger partial charge in [-0.3, -0.25) is 4.79 Å². The average molecular weight is 401 g/mol. The summed E-state index contributed by atoms with van der Waals surface area (Å²) in [5, 5.41) is 15.9. The van der Waals surface area contributed by atoms with Gasteiger partial charge in [0.05, 0.1) is 12.3 Å². The molecule has 0 unspecified atom stereocenters. The minimum absolute atomic E-state index is 0.0418. The van der Waals surface area contributed by atoms with Gasteiger partial charge in [0.1, 0.15) is 5.75 Å². The first-order valence-corrected chi connectivity index (χ1v) is 9.98. The second kappa shape index (κ2) is 9.17. The first-order chi connectivity index (χ1) is 14.7. The molecule has 0 aliphatic carbocycles. The van der Waals surface area contributed by atoms with Gasteiger partial charge in [-0.05, 0) is 36.8 Å². The molecule has 1 amide bonds. The number of aromatic nitrogens is 4. The highest BCUT2D eigenvalue weighted by Gasteiger charge is 2.11. The Labute approximate surface area is 174 Å². The van der Waals surface area contributed by atoms with Crippen molar-refractivity contribution >= 4 is 11.6 Å². The lowest BCUT2D eigenvalue weighted by atomic mass is 10.1. The van der Waals surface area contributed by atoms with Crippen LogP contribution in [0.2, 0.25) is 0 Å². The zero-order valence-corrected chi connectivity index (χ0v) is 16.8. The molecule has 0 saturated heterocycles. The Kier molecular flexibility index (Phi) is 5.98. The topological polar surface area (TPSA) is 81.4 Å². The number of benzene rings is 2. The largest absolute Gasteiger partial charge is 0.494 e. The van der Waals surface area contributed by atoms with Crippen LogP contribution in [0.15, 0.2) is 66.7 Å². The minimum atomic E-state index is -0.0418. The van der Waals surface area contributed by atoms with Crippen LogP contribution in [0.4, 0.5) is 0 Å². The molecule has 0 fully saturated rings. The summed E-state index contributed by atoms with van der Waals surface area (Å²) in [5.41, 5.74) is 3.55. The van der Waals surface area contributed by atoms with Crippen LogP contribution >= 0.6 is 0 Å². The summed E-state index contributed by atoms with van der Waals surface area (Å²) in [6.07, 6.45) is 0.774. The summed E-state index contributed by atoms with van der Waals surface area (Å²) in [4.78, 5) is 12.3. The number of nitrogens with zero attached hydrogens (tertiary/aromatic N) is 4. The van der Waals surface area contributed by atoms with Crippen molar-refractivity contribution in [1.29, 1.82) is 0 Å².